The number of hydrogen-bond acceptors (Lipinski definition) is 5. The van der Waals surface area contributed by atoms with Crippen molar-refractivity contribution in [2.45, 2.75) is 13.0 Å². The largest absolute Gasteiger partial charge is 0.507 e. The first kappa shape index (κ1) is 15.7. The number of non-ortho nitro benzene ring substituents is 1. The van der Waals surface area contributed by atoms with Crippen LogP contribution in [0.15, 0.2) is 47.5 Å². The number of nitro groups is 1. The topological polar surface area (TPSA) is 96.0 Å². The number of rotatable bonds is 5. The summed E-state index contributed by atoms with van der Waals surface area (Å²) in [5.74, 6) is -0.0975. The van der Waals surface area contributed by atoms with Crippen molar-refractivity contribution < 1.29 is 15.1 Å². The second kappa shape index (κ2) is 6.82. The van der Waals surface area contributed by atoms with E-state index in [-0.39, 0.29) is 23.5 Å². The maximum atomic E-state index is 10.7. The van der Waals surface area contributed by atoms with Crippen LogP contribution in [-0.2, 0) is 0 Å². The van der Waals surface area contributed by atoms with E-state index in [4.69, 9.17) is 0 Å². The fourth-order valence-electron chi connectivity index (χ4n) is 2.07. The van der Waals surface area contributed by atoms with E-state index in [9.17, 15) is 20.3 Å². The number of aromatic hydroxyl groups is 1. The van der Waals surface area contributed by atoms with Crippen molar-refractivity contribution in [1.29, 1.82) is 0 Å². The molecular formula is C16H16N2O4. The quantitative estimate of drug-likeness (QED) is 0.504. The molecule has 2 aromatic rings. The zero-order valence-corrected chi connectivity index (χ0v) is 12.0. The predicted octanol–water partition coefficient (Wildman–Crippen LogP) is 2.76. The van der Waals surface area contributed by atoms with E-state index in [1.54, 1.807) is 0 Å². The van der Waals surface area contributed by atoms with Crippen LogP contribution in [0.5, 0.6) is 5.75 Å². The molecule has 0 spiro atoms. The molecule has 0 aliphatic carbocycles. The summed E-state index contributed by atoms with van der Waals surface area (Å²) in [5.41, 5.74) is 1.86. The number of aliphatic hydroxyl groups is 1. The molecule has 114 valence electrons. The van der Waals surface area contributed by atoms with Crippen molar-refractivity contribution in [3.8, 4) is 5.75 Å². The molecule has 0 saturated heterocycles. The van der Waals surface area contributed by atoms with Crippen molar-refractivity contribution in [2.75, 3.05) is 6.54 Å². The number of aryl methyl sites for hydroxylation is 1. The molecule has 2 aromatic carbocycles. The second-order valence-corrected chi connectivity index (χ2v) is 4.87. The van der Waals surface area contributed by atoms with Crippen molar-refractivity contribution >= 4 is 11.9 Å². The van der Waals surface area contributed by atoms with Crippen LogP contribution in [-0.4, -0.2) is 27.9 Å². The van der Waals surface area contributed by atoms with Gasteiger partial charge in [0.15, 0.2) is 0 Å². The lowest BCUT2D eigenvalue weighted by Crippen LogP contribution is -2.04. The summed E-state index contributed by atoms with van der Waals surface area (Å²) in [6.07, 6.45) is 0.558. The summed E-state index contributed by atoms with van der Waals surface area (Å²) in [6, 6.07) is 11.1. The van der Waals surface area contributed by atoms with Crippen molar-refractivity contribution in [3.05, 3.63) is 69.3 Å². The van der Waals surface area contributed by atoms with E-state index >= 15 is 0 Å². The molecule has 0 aliphatic rings. The van der Waals surface area contributed by atoms with Gasteiger partial charge in [-0.2, -0.15) is 0 Å². The number of hydrogen-bond donors (Lipinski definition) is 2. The van der Waals surface area contributed by atoms with Crippen LogP contribution in [0.1, 0.15) is 22.8 Å². The van der Waals surface area contributed by atoms with E-state index in [2.05, 4.69) is 4.99 Å². The van der Waals surface area contributed by atoms with E-state index in [0.29, 0.717) is 0 Å². The van der Waals surface area contributed by atoms with E-state index in [1.165, 1.54) is 24.4 Å². The molecule has 0 heterocycles. The Morgan fingerprint density at radius 1 is 1.32 bits per heavy atom. The molecule has 22 heavy (non-hydrogen) atoms. The second-order valence-electron chi connectivity index (χ2n) is 4.87. The summed E-state index contributed by atoms with van der Waals surface area (Å²) in [5, 5.41) is 30.5. The van der Waals surface area contributed by atoms with Gasteiger partial charge in [-0.3, -0.25) is 15.1 Å². The fourth-order valence-corrected chi connectivity index (χ4v) is 2.07. The summed E-state index contributed by atoms with van der Waals surface area (Å²) in [6.45, 7) is 2.00. The standard InChI is InChI=1S/C16H16N2O4/c1-11-4-2-3-5-14(11)16(20)10-17-9-12-8-13(18(21)22)6-7-15(12)19/h2-9,16,19-20H,10H2,1H3. The minimum absolute atomic E-state index is 0.0975. The first-order valence-corrected chi connectivity index (χ1v) is 6.70. The van der Waals surface area contributed by atoms with Crippen LogP contribution in [0.25, 0.3) is 0 Å². The molecule has 0 fully saturated rings. The van der Waals surface area contributed by atoms with Gasteiger partial charge in [-0.1, -0.05) is 24.3 Å². The smallest absolute Gasteiger partial charge is 0.270 e. The van der Waals surface area contributed by atoms with Gasteiger partial charge in [0.05, 0.1) is 17.6 Å². The highest BCUT2D eigenvalue weighted by molar-refractivity contribution is 5.84. The Hall–Kier alpha value is -2.73. The SMILES string of the molecule is Cc1ccccc1C(O)CN=Cc1cc([N+](=O)[O-])ccc1O. The Morgan fingerprint density at radius 2 is 2.05 bits per heavy atom. The average molecular weight is 300 g/mol. The van der Waals surface area contributed by atoms with Crippen LogP contribution >= 0.6 is 0 Å². The molecule has 6 heteroatoms. The van der Waals surface area contributed by atoms with E-state index in [1.807, 2.05) is 31.2 Å². The van der Waals surface area contributed by atoms with Gasteiger partial charge in [0, 0.05) is 23.9 Å². The molecule has 0 radical (unpaired) electrons. The van der Waals surface area contributed by atoms with Crippen LogP contribution in [0.2, 0.25) is 0 Å². The number of nitro benzene ring substituents is 1. The molecule has 0 aromatic heterocycles. The number of phenolic OH excluding ortho intramolecular Hbond substituents is 1. The van der Waals surface area contributed by atoms with Gasteiger partial charge in [0.1, 0.15) is 5.75 Å². The van der Waals surface area contributed by atoms with Crippen LogP contribution in [0.4, 0.5) is 5.69 Å². The molecule has 0 amide bonds. The molecule has 0 aliphatic heterocycles. The van der Waals surface area contributed by atoms with Gasteiger partial charge in [-0.15, -0.1) is 0 Å². The van der Waals surface area contributed by atoms with Gasteiger partial charge in [-0.25, -0.2) is 0 Å². The minimum Gasteiger partial charge on any atom is -0.507 e. The maximum absolute atomic E-state index is 10.7. The summed E-state index contributed by atoms with van der Waals surface area (Å²) >= 11 is 0. The number of phenols is 1. The Labute approximate surface area is 127 Å². The fraction of sp³-hybridized carbons (Fsp3) is 0.188. The number of aliphatic hydroxyl groups excluding tert-OH is 1. The van der Waals surface area contributed by atoms with Gasteiger partial charge >= 0.3 is 0 Å². The third kappa shape index (κ3) is 3.67. The van der Waals surface area contributed by atoms with Gasteiger partial charge in [-0.05, 0) is 24.1 Å². The monoisotopic (exact) mass is 300 g/mol. The minimum atomic E-state index is -0.765. The molecular weight excluding hydrogens is 284 g/mol. The summed E-state index contributed by atoms with van der Waals surface area (Å²) in [7, 11) is 0. The molecule has 2 rings (SSSR count). The number of benzene rings is 2. The molecule has 0 saturated carbocycles. The number of aliphatic imine (C=N–C) groups is 1. The van der Waals surface area contributed by atoms with Crippen molar-refractivity contribution in [3.63, 3.8) is 0 Å². The lowest BCUT2D eigenvalue weighted by atomic mass is 10.0. The normalized spacial score (nSPS) is 12.5. The Bertz CT molecular complexity index is 713. The Kier molecular flexibility index (Phi) is 4.85. The Balaban J connectivity index is 2.11. The van der Waals surface area contributed by atoms with E-state index in [0.717, 1.165) is 11.1 Å². The first-order chi connectivity index (χ1) is 10.5. The molecule has 1 unspecified atom stereocenters. The van der Waals surface area contributed by atoms with Crippen LogP contribution in [0.3, 0.4) is 0 Å². The van der Waals surface area contributed by atoms with Crippen LogP contribution in [0, 0.1) is 17.0 Å². The lowest BCUT2D eigenvalue weighted by molar-refractivity contribution is -0.384. The zero-order valence-electron chi connectivity index (χ0n) is 12.0. The highest BCUT2D eigenvalue weighted by Gasteiger charge is 2.10. The van der Waals surface area contributed by atoms with E-state index < -0.39 is 11.0 Å². The first-order valence-electron chi connectivity index (χ1n) is 6.70. The number of nitrogens with zero attached hydrogens (tertiary/aromatic N) is 2. The van der Waals surface area contributed by atoms with Crippen molar-refractivity contribution in [1.82, 2.24) is 0 Å². The highest BCUT2D eigenvalue weighted by atomic mass is 16.6. The van der Waals surface area contributed by atoms with Gasteiger partial charge < -0.3 is 10.2 Å². The van der Waals surface area contributed by atoms with Crippen molar-refractivity contribution in [2.24, 2.45) is 4.99 Å². The third-order valence-electron chi connectivity index (χ3n) is 3.28. The average Bonchev–Trinajstić information content (AvgIpc) is 2.49. The predicted molar refractivity (Wildman–Crippen MR) is 83.4 cm³/mol. The zero-order chi connectivity index (χ0) is 16.1. The van der Waals surface area contributed by atoms with Gasteiger partial charge in [0.25, 0.3) is 5.69 Å². The Morgan fingerprint density at radius 3 is 2.73 bits per heavy atom. The third-order valence-corrected chi connectivity index (χ3v) is 3.28. The highest BCUT2D eigenvalue weighted by Crippen LogP contribution is 2.22. The maximum Gasteiger partial charge on any atom is 0.270 e. The summed E-state index contributed by atoms with van der Waals surface area (Å²) in [4.78, 5) is 14.2. The molecule has 2 N–H and O–H groups in total. The lowest BCUT2D eigenvalue weighted by Gasteiger charge is -2.10. The molecule has 0 bridgehead atoms. The summed E-state index contributed by atoms with van der Waals surface area (Å²) < 4.78 is 0. The molecule has 6 nitrogen and oxygen atoms in total. The van der Waals surface area contributed by atoms with Gasteiger partial charge in [0.2, 0.25) is 0 Å². The van der Waals surface area contributed by atoms with Crippen LogP contribution < -0.4 is 0 Å². The molecule has 1 atom stereocenters.